The summed E-state index contributed by atoms with van der Waals surface area (Å²) < 4.78 is 0. The number of amides is 3. The second kappa shape index (κ2) is 7.80. The number of imide groups is 1. The van der Waals surface area contributed by atoms with Gasteiger partial charge in [-0.15, -0.1) is 0 Å². The van der Waals surface area contributed by atoms with Crippen molar-refractivity contribution in [3.05, 3.63) is 46.0 Å². The first-order chi connectivity index (χ1) is 12.4. The number of halogens is 2. The number of carbonyl (C=O) groups excluding carboxylic acids is 3. The predicted molar refractivity (Wildman–Crippen MR) is 99.7 cm³/mol. The SMILES string of the molecule is C[C@H](NC(=O)CCN1C(=O)[C@H]2CC=CC[C@H]2C1=O)c1ccc(Cl)cc1Cl. The fraction of sp³-hybridized carbons (Fsp3) is 0.421. The van der Waals surface area contributed by atoms with Crippen molar-refractivity contribution in [3.63, 3.8) is 0 Å². The lowest BCUT2D eigenvalue weighted by Crippen LogP contribution is -2.36. The highest BCUT2D eigenvalue weighted by atomic mass is 35.5. The van der Waals surface area contributed by atoms with Gasteiger partial charge >= 0.3 is 0 Å². The van der Waals surface area contributed by atoms with Crippen molar-refractivity contribution in [3.8, 4) is 0 Å². The molecule has 2 aliphatic rings. The highest BCUT2D eigenvalue weighted by Gasteiger charge is 2.46. The third kappa shape index (κ3) is 3.79. The van der Waals surface area contributed by atoms with E-state index in [0.717, 1.165) is 5.56 Å². The van der Waals surface area contributed by atoms with Crippen LogP contribution in [0.3, 0.4) is 0 Å². The summed E-state index contributed by atoms with van der Waals surface area (Å²) in [5.74, 6) is -1.08. The first-order valence-corrected chi connectivity index (χ1v) is 9.38. The second-order valence-electron chi connectivity index (χ2n) is 6.69. The van der Waals surface area contributed by atoms with E-state index >= 15 is 0 Å². The molecular weight excluding hydrogens is 375 g/mol. The van der Waals surface area contributed by atoms with Crippen LogP contribution in [-0.2, 0) is 14.4 Å². The molecule has 26 heavy (non-hydrogen) atoms. The minimum absolute atomic E-state index is 0.0693. The molecular formula is C19H20Cl2N2O3. The molecule has 0 saturated carbocycles. The van der Waals surface area contributed by atoms with Gasteiger partial charge < -0.3 is 5.32 Å². The summed E-state index contributed by atoms with van der Waals surface area (Å²) in [6.07, 6.45) is 5.16. The van der Waals surface area contributed by atoms with Crippen molar-refractivity contribution < 1.29 is 14.4 Å². The van der Waals surface area contributed by atoms with Crippen molar-refractivity contribution in [2.24, 2.45) is 11.8 Å². The van der Waals surface area contributed by atoms with Gasteiger partial charge in [0, 0.05) is 23.0 Å². The Morgan fingerprint density at radius 1 is 1.19 bits per heavy atom. The fourth-order valence-electron chi connectivity index (χ4n) is 3.55. The van der Waals surface area contributed by atoms with E-state index in [9.17, 15) is 14.4 Å². The van der Waals surface area contributed by atoms with Crippen molar-refractivity contribution in [1.82, 2.24) is 10.2 Å². The minimum Gasteiger partial charge on any atom is -0.349 e. The smallest absolute Gasteiger partial charge is 0.233 e. The van der Waals surface area contributed by atoms with Crippen molar-refractivity contribution in [2.45, 2.75) is 32.2 Å². The monoisotopic (exact) mass is 394 g/mol. The Hall–Kier alpha value is -1.85. The Morgan fingerprint density at radius 2 is 1.81 bits per heavy atom. The van der Waals surface area contributed by atoms with Crippen LogP contribution in [0.4, 0.5) is 0 Å². The quantitative estimate of drug-likeness (QED) is 0.613. The van der Waals surface area contributed by atoms with Crippen LogP contribution in [0.5, 0.6) is 0 Å². The maximum absolute atomic E-state index is 12.4. The number of carbonyl (C=O) groups is 3. The molecule has 1 aliphatic heterocycles. The van der Waals surface area contributed by atoms with Gasteiger partial charge in [-0.1, -0.05) is 41.4 Å². The summed E-state index contributed by atoms with van der Waals surface area (Å²) in [4.78, 5) is 38.3. The molecule has 138 valence electrons. The number of rotatable bonds is 5. The van der Waals surface area contributed by atoms with Crippen LogP contribution >= 0.6 is 23.2 Å². The number of likely N-dealkylation sites (tertiary alicyclic amines) is 1. The second-order valence-corrected chi connectivity index (χ2v) is 7.53. The zero-order valence-corrected chi connectivity index (χ0v) is 15.9. The Bertz CT molecular complexity index is 752. The van der Waals surface area contributed by atoms with Gasteiger partial charge in [-0.2, -0.15) is 0 Å². The lowest BCUT2D eigenvalue weighted by molar-refractivity contribution is -0.140. The van der Waals surface area contributed by atoms with Crippen LogP contribution in [0.2, 0.25) is 10.0 Å². The van der Waals surface area contributed by atoms with E-state index in [1.54, 1.807) is 18.2 Å². The average molecular weight is 395 g/mol. The average Bonchev–Trinajstić information content (AvgIpc) is 2.84. The van der Waals surface area contributed by atoms with Crippen molar-refractivity contribution in [1.29, 1.82) is 0 Å². The molecule has 0 radical (unpaired) electrons. The number of hydrogen-bond donors (Lipinski definition) is 1. The Morgan fingerprint density at radius 3 is 2.38 bits per heavy atom. The van der Waals surface area contributed by atoms with Crippen LogP contribution < -0.4 is 5.32 Å². The minimum atomic E-state index is -0.302. The molecule has 7 heteroatoms. The molecule has 1 fully saturated rings. The van der Waals surface area contributed by atoms with E-state index in [0.29, 0.717) is 22.9 Å². The van der Waals surface area contributed by atoms with Crippen LogP contribution in [-0.4, -0.2) is 29.2 Å². The highest BCUT2D eigenvalue weighted by Crippen LogP contribution is 2.35. The first-order valence-electron chi connectivity index (χ1n) is 8.63. The molecule has 5 nitrogen and oxygen atoms in total. The lowest BCUT2D eigenvalue weighted by atomic mass is 9.85. The van der Waals surface area contributed by atoms with Crippen molar-refractivity contribution >= 4 is 40.9 Å². The fourth-order valence-corrected chi connectivity index (χ4v) is 4.12. The van der Waals surface area contributed by atoms with Gasteiger partial charge in [-0.05, 0) is 37.5 Å². The highest BCUT2D eigenvalue weighted by molar-refractivity contribution is 6.35. The molecule has 0 bridgehead atoms. The van der Waals surface area contributed by atoms with Gasteiger partial charge in [0.2, 0.25) is 17.7 Å². The summed E-state index contributed by atoms with van der Waals surface area (Å²) in [7, 11) is 0. The molecule has 1 aromatic carbocycles. The molecule has 1 N–H and O–H groups in total. The maximum Gasteiger partial charge on any atom is 0.233 e. The van der Waals surface area contributed by atoms with Gasteiger partial charge in [0.1, 0.15) is 0 Å². The Balaban J connectivity index is 1.56. The normalized spacial score (nSPS) is 23.1. The number of benzene rings is 1. The maximum atomic E-state index is 12.4. The summed E-state index contributed by atoms with van der Waals surface area (Å²) in [6.45, 7) is 1.93. The zero-order chi connectivity index (χ0) is 18.8. The molecule has 1 saturated heterocycles. The zero-order valence-electron chi connectivity index (χ0n) is 14.4. The Labute approximate surface area is 162 Å². The molecule has 3 amide bonds. The van der Waals surface area contributed by atoms with Gasteiger partial charge in [-0.25, -0.2) is 0 Å². The molecule has 3 atom stereocenters. The van der Waals surface area contributed by atoms with Crippen molar-refractivity contribution in [2.75, 3.05) is 6.54 Å². The van der Waals surface area contributed by atoms with Crippen LogP contribution in [0.15, 0.2) is 30.4 Å². The lowest BCUT2D eigenvalue weighted by Gasteiger charge is -2.18. The van der Waals surface area contributed by atoms with Gasteiger partial charge in [0.25, 0.3) is 0 Å². The molecule has 0 aromatic heterocycles. The molecule has 1 heterocycles. The third-order valence-corrected chi connectivity index (χ3v) is 5.53. The number of fused-ring (bicyclic) bond motifs is 1. The van der Waals surface area contributed by atoms with Crippen LogP contribution in [0.25, 0.3) is 0 Å². The summed E-state index contributed by atoms with van der Waals surface area (Å²) >= 11 is 12.0. The third-order valence-electron chi connectivity index (χ3n) is 4.97. The topological polar surface area (TPSA) is 66.5 Å². The summed E-state index contributed by atoms with van der Waals surface area (Å²) in [6, 6.07) is 4.80. The number of nitrogens with zero attached hydrogens (tertiary/aromatic N) is 1. The molecule has 1 aromatic rings. The van der Waals surface area contributed by atoms with E-state index in [4.69, 9.17) is 23.2 Å². The first kappa shape index (κ1) is 18.9. The molecule has 1 aliphatic carbocycles. The summed E-state index contributed by atoms with van der Waals surface area (Å²) in [5, 5.41) is 3.85. The Kier molecular flexibility index (Phi) is 5.68. The van der Waals surface area contributed by atoms with Gasteiger partial charge in [0.15, 0.2) is 0 Å². The number of allylic oxidation sites excluding steroid dienone is 2. The predicted octanol–water partition coefficient (Wildman–Crippen LogP) is 3.51. The van der Waals surface area contributed by atoms with E-state index in [1.165, 1.54) is 4.90 Å². The number of nitrogens with one attached hydrogen (secondary N) is 1. The molecule has 0 unspecified atom stereocenters. The van der Waals surface area contributed by atoms with Gasteiger partial charge in [-0.3, -0.25) is 19.3 Å². The van der Waals surface area contributed by atoms with E-state index in [1.807, 2.05) is 19.1 Å². The largest absolute Gasteiger partial charge is 0.349 e. The van der Waals surface area contributed by atoms with Crippen LogP contribution in [0, 0.1) is 11.8 Å². The molecule has 3 rings (SSSR count). The summed E-state index contributed by atoms with van der Waals surface area (Å²) in [5.41, 5.74) is 0.759. The van der Waals surface area contributed by atoms with E-state index in [2.05, 4.69) is 5.32 Å². The van der Waals surface area contributed by atoms with Crippen LogP contribution in [0.1, 0.15) is 37.8 Å². The van der Waals surface area contributed by atoms with E-state index in [-0.39, 0.29) is 48.6 Å². The standard InChI is InChI=1S/C19H20Cl2N2O3/c1-11(13-7-6-12(20)10-16(13)21)22-17(24)8-9-23-18(25)14-4-2-3-5-15(14)19(23)26/h2-3,6-7,10-11,14-15H,4-5,8-9H2,1H3,(H,22,24)/t11-,14-,15+/m0/s1. The van der Waals surface area contributed by atoms with Gasteiger partial charge in [0.05, 0.1) is 17.9 Å². The number of hydrogen-bond acceptors (Lipinski definition) is 3. The molecule has 0 spiro atoms. The van der Waals surface area contributed by atoms with E-state index < -0.39 is 0 Å².